The Bertz CT molecular complexity index is 1000. The van der Waals surface area contributed by atoms with Crippen molar-refractivity contribution in [1.29, 1.82) is 0 Å². The molecule has 0 amide bonds. The molecule has 2 aromatic carbocycles. The molecule has 8 heteroatoms. The minimum Gasteiger partial charge on any atom is -0.285 e. The van der Waals surface area contributed by atoms with Gasteiger partial charge >= 0.3 is 12.3 Å². The number of benzene rings is 2. The monoisotopic (exact) mass is 542 g/mol. The third kappa shape index (κ3) is 5.53. The molecule has 1 aromatic heterocycles. The Balaban J connectivity index is 0.000000189. The first-order valence-corrected chi connectivity index (χ1v) is 7.57. The van der Waals surface area contributed by atoms with E-state index in [1.165, 1.54) is 12.4 Å². The van der Waals surface area contributed by atoms with Gasteiger partial charge in [0.1, 0.15) is 12.7 Å². The van der Waals surface area contributed by atoms with E-state index < -0.39 is 11.6 Å². The standard InChI is InChI=1S/C10H5F2N2.C9H8N3.Ir/c11-7-2-3-8(9(12)6-7)10-13-4-1-5-14-10;1-11-7-10-12(8-11)9-5-3-2-4-6-9;/h1-2,4-6H;2-5,7H,1H3;/q-1;+1;. The Morgan fingerprint density at radius 1 is 1.07 bits per heavy atom. The van der Waals surface area contributed by atoms with Gasteiger partial charge in [-0.2, -0.15) is 18.2 Å². The first kappa shape index (κ1) is 20.4. The number of hydrogen-bond acceptors (Lipinski definition) is 3. The molecule has 4 rings (SSSR count). The van der Waals surface area contributed by atoms with Gasteiger partial charge in [-0.3, -0.25) is 18.7 Å². The van der Waals surface area contributed by atoms with Crippen molar-refractivity contribution in [1.82, 2.24) is 9.97 Å². The van der Waals surface area contributed by atoms with Crippen LogP contribution in [-0.4, -0.2) is 38.6 Å². The van der Waals surface area contributed by atoms with Crippen LogP contribution in [0.1, 0.15) is 0 Å². The molecule has 27 heavy (non-hydrogen) atoms. The number of rotatable bonds is 2. The Labute approximate surface area is 168 Å². The molecule has 1 aliphatic rings. The van der Waals surface area contributed by atoms with Gasteiger partial charge in [-0.15, -0.1) is 28.8 Å². The average Bonchev–Trinajstić information content (AvgIpc) is 3.10. The zero-order chi connectivity index (χ0) is 18.4. The van der Waals surface area contributed by atoms with Gasteiger partial charge in [0, 0.05) is 44.1 Å². The van der Waals surface area contributed by atoms with Crippen LogP contribution < -0.4 is 0 Å². The minimum absolute atomic E-state index is 0. The maximum absolute atomic E-state index is 13.2. The normalized spacial score (nSPS) is 11.7. The topological polar surface area (TPSA) is 44.2 Å². The Morgan fingerprint density at radius 3 is 2.44 bits per heavy atom. The molecule has 0 unspecified atom stereocenters. The summed E-state index contributed by atoms with van der Waals surface area (Å²) < 4.78 is 29.2. The molecular formula is C19H13F2IrN5. The van der Waals surface area contributed by atoms with Crippen LogP contribution in [0.5, 0.6) is 0 Å². The Hall–Kier alpha value is -2.92. The summed E-state index contributed by atoms with van der Waals surface area (Å²) in [6.45, 7) is 0. The van der Waals surface area contributed by atoms with Crippen LogP contribution in [0.15, 0.2) is 60.0 Å². The van der Waals surface area contributed by atoms with Crippen LogP contribution in [0.4, 0.5) is 14.5 Å². The maximum atomic E-state index is 13.2. The number of hydrazone groups is 1. The molecule has 3 aromatic rings. The van der Waals surface area contributed by atoms with Crippen molar-refractivity contribution in [2.24, 2.45) is 5.10 Å². The molecule has 0 saturated carbocycles. The van der Waals surface area contributed by atoms with E-state index in [0.29, 0.717) is 0 Å². The van der Waals surface area contributed by atoms with Gasteiger partial charge in [-0.25, -0.2) is 0 Å². The van der Waals surface area contributed by atoms with E-state index in [1.807, 2.05) is 31.3 Å². The van der Waals surface area contributed by atoms with Gasteiger partial charge in [0.15, 0.2) is 0 Å². The molecule has 0 spiro atoms. The molecule has 0 saturated heterocycles. The fourth-order valence-corrected chi connectivity index (χ4v) is 2.01. The van der Waals surface area contributed by atoms with Crippen LogP contribution in [0, 0.1) is 23.8 Å². The largest absolute Gasteiger partial charge is 0.420 e. The summed E-state index contributed by atoms with van der Waals surface area (Å²) >= 11 is 0. The van der Waals surface area contributed by atoms with Gasteiger partial charge < -0.3 is 0 Å². The molecule has 0 aliphatic carbocycles. The van der Waals surface area contributed by atoms with Crippen molar-refractivity contribution in [3.8, 4) is 11.4 Å². The van der Waals surface area contributed by atoms with E-state index in [1.54, 1.807) is 21.7 Å². The summed E-state index contributed by atoms with van der Waals surface area (Å²) in [5.41, 5.74) is 0.977. The van der Waals surface area contributed by atoms with E-state index in [0.717, 1.165) is 17.8 Å². The maximum Gasteiger partial charge on any atom is 0.420 e. The van der Waals surface area contributed by atoms with Crippen molar-refractivity contribution in [2.75, 3.05) is 7.05 Å². The van der Waals surface area contributed by atoms with Gasteiger partial charge in [0.2, 0.25) is 5.10 Å². The molecule has 1 radical (unpaired) electrons. The molecule has 0 atom stereocenters. The third-order valence-electron chi connectivity index (χ3n) is 3.16. The molecule has 5 nitrogen and oxygen atoms in total. The van der Waals surface area contributed by atoms with Crippen molar-refractivity contribution in [3.63, 3.8) is 0 Å². The Morgan fingerprint density at radius 2 is 1.85 bits per heavy atom. The number of nitrogens with zero attached hydrogens (tertiary/aromatic N) is 5. The van der Waals surface area contributed by atoms with E-state index in [2.05, 4.69) is 33.2 Å². The summed E-state index contributed by atoms with van der Waals surface area (Å²) in [5, 5.41) is 4.08. The predicted octanol–water partition coefficient (Wildman–Crippen LogP) is 3.12. The second kappa shape index (κ2) is 9.69. The molecular weight excluding hydrogens is 528 g/mol. The summed E-state index contributed by atoms with van der Waals surface area (Å²) in [6.07, 6.45) is 4.67. The fourth-order valence-electron chi connectivity index (χ4n) is 2.01. The summed E-state index contributed by atoms with van der Waals surface area (Å²) in [4.78, 5) is 7.67. The quantitative estimate of drug-likeness (QED) is 0.370. The summed E-state index contributed by atoms with van der Waals surface area (Å²) in [6, 6.07) is 19.6. The number of hydrogen-bond donors (Lipinski definition) is 0. The number of para-hydroxylation sites is 1. The average molecular weight is 542 g/mol. The Kier molecular flexibility index (Phi) is 7.32. The van der Waals surface area contributed by atoms with Crippen molar-refractivity contribution < 1.29 is 38.1 Å². The van der Waals surface area contributed by atoms with E-state index in [9.17, 15) is 8.78 Å². The molecule has 0 N–H and O–H groups in total. The van der Waals surface area contributed by atoms with Crippen LogP contribution in [0.25, 0.3) is 11.4 Å². The van der Waals surface area contributed by atoms with Gasteiger partial charge in [0.25, 0.3) is 0 Å². The van der Waals surface area contributed by atoms with Crippen LogP contribution in [0.3, 0.4) is 0 Å². The minimum atomic E-state index is -0.712. The van der Waals surface area contributed by atoms with E-state index in [4.69, 9.17) is 0 Å². The van der Waals surface area contributed by atoms with Crippen molar-refractivity contribution in [3.05, 3.63) is 78.6 Å². The van der Waals surface area contributed by atoms with E-state index >= 15 is 0 Å². The van der Waals surface area contributed by atoms with Crippen LogP contribution >= 0.6 is 0 Å². The first-order chi connectivity index (χ1) is 12.6. The van der Waals surface area contributed by atoms with E-state index in [-0.39, 0.29) is 31.5 Å². The summed E-state index contributed by atoms with van der Waals surface area (Å²) in [7, 11) is 1.88. The number of aromatic nitrogens is 2. The smallest absolute Gasteiger partial charge is 0.285 e. The first-order valence-electron chi connectivity index (χ1n) is 7.57. The van der Waals surface area contributed by atoms with Gasteiger partial charge in [-0.05, 0) is 6.07 Å². The van der Waals surface area contributed by atoms with Gasteiger partial charge in [0.05, 0.1) is 10.5 Å². The second-order valence-corrected chi connectivity index (χ2v) is 5.11. The number of halogens is 2. The third-order valence-corrected chi connectivity index (χ3v) is 3.16. The van der Waals surface area contributed by atoms with Crippen molar-refractivity contribution >= 4 is 18.0 Å². The fraction of sp³-hybridized carbons (Fsp3) is 0.0526. The summed E-state index contributed by atoms with van der Waals surface area (Å²) in [5.74, 6) is -1.18. The van der Waals surface area contributed by atoms with Crippen molar-refractivity contribution in [2.45, 2.75) is 0 Å². The van der Waals surface area contributed by atoms with Crippen LogP contribution in [-0.2, 0) is 20.1 Å². The molecule has 2 heterocycles. The molecule has 0 fully saturated rings. The zero-order valence-electron chi connectivity index (χ0n) is 14.1. The molecule has 1 aliphatic heterocycles. The predicted molar refractivity (Wildman–Crippen MR) is 91.1 cm³/mol. The second-order valence-electron chi connectivity index (χ2n) is 5.11. The van der Waals surface area contributed by atoms with Crippen LogP contribution in [0.2, 0.25) is 0 Å². The zero-order valence-corrected chi connectivity index (χ0v) is 16.5. The molecule has 137 valence electrons. The SMILES string of the molecule is C[N+]1=C=[N+](c2[c-]cccc2)N=C1.Fc1c[c-]c(-c2ncccn2)c(F)c1.[Ir]. The molecule has 0 bridgehead atoms. The van der Waals surface area contributed by atoms with Gasteiger partial charge in [-0.1, -0.05) is 11.6 Å².